The third kappa shape index (κ3) is 3.60. The van der Waals surface area contributed by atoms with E-state index in [2.05, 4.69) is 19.1 Å². The van der Waals surface area contributed by atoms with Gasteiger partial charge in [-0.25, -0.2) is 0 Å². The molecule has 1 heterocycles. The maximum atomic E-state index is 12.8. The fraction of sp³-hybridized carbons (Fsp3) is 0.588. The highest BCUT2D eigenvalue weighted by Gasteiger charge is 2.28. The summed E-state index contributed by atoms with van der Waals surface area (Å²) in [5.41, 5.74) is 1.15. The number of carbonyl (C=O) groups excluding carboxylic acids is 1. The summed E-state index contributed by atoms with van der Waals surface area (Å²) < 4.78 is 5.37. The molecule has 0 N–H and O–H groups in total. The number of likely N-dealkylation sites (tertiary alicyclic amines) is 1. The lowest BCUT2D eigenvalue weighted by Gasteiger charge is -2.33. The van der Waals surface area contributed by atoms with Crippen molar-refractivity contribution < 1.29 is 9.53 Å². The van der Waals surface area contributed by atoms with Crippen molar-refractivity contribution in [1.29, 1.82) is 0 Å². The normalized spacial score (nSPS) is 18.0. The number of benzene rings is 1. The van der Waals surface area contributed by atoms with Gasteiger partial charge in [0.05, 0.1) is 12.0 Å². The Morgan fingerprint density at radius 2 is 1.95 bits per heavy atom. The van der Waals surface area contributed by atoms with E-state index in [9.17, 15) is 4.79 Å². The molecule has 1 saturated heterocycles. The summed E-state index contributed by atoms with van der Waals surface area (Å²) >= 11 is 0. The summed E-state index contributed by atoms with van der Waals surface area (Å²) in [6.07, 6.45) is 4.18. The van der Waals surface area contributed by atoms with Crippen LogP contribution in [-0.2, 0) is 9.53 Å². The molecule has 3 nitrogen and oxygen atoms in total. The molecule has 2 rings (SSSR count). The molecule has 1 aliphatic rings. The van der Waals surface area contributed by atoms with Gasteiger partial charge in [-0.1, -0.05) is 43.7 Å². The van der Waals surface area contributed by atoms with Gasteiger partial charge in [-0.15, -0.1) is 0 Å². The number of nitrogens with zero attached hydrogens (tertiary/aromatic N) is 1. The van der Waals surface area contributed by atoms with Gasteiger partial charge < -0.3 is 9.64 Å². The van der Waals surface area contributed by atoms with Gasteiger partial charge in [0.2, 0.25) is 5.91 Å². The van der Waals surface area contributed by atoms with Crippen LogP contribution in [-0.4, -0.2) is 37.1 Å². The lowest BCUT2D eigenvalue weighted by molar-refractivity contribution is -0.135. The van der Waals surface area contributed by atoms with E-state index in [-0.39, 0.29) is 11.8 Å². The second-order valence-corrected chi connectivity index (χ2v) is 5.51. The fourth-order valence-corrected chi connectivity index (χ4v) is 2.94. The Kier molecular flexibility index (Phi) is 5.60. The molecule has 0 radical (unpaired) electrons. The van der Waals surface area contributed by atoms with E-state index in [0.29, 0.717) is 6.10 Å². The van der Waals surface area contributed by atoms with Crippen molar-refractivity contribution in [2.24, 2.45) is 0 Å². The van der Waals surface area contributed by atoms with E-state index in [4.69, 9.17) is 4.74 Å². The maximum absolute atomic E-state index is 12.8. The third-order valence-corrected chi connectivity index (χ3v) is 4.16. The van der Waals surface area contributed by atoms with Crippen molar-refractivity contribution in [3.05, 3.63) is 35.9 Å². The van der Waals surface area contributed by atoms with Gasteiger partial charge in [0.1, 0.15) is 0 Å². The Morgan fingerprint density at radius 3 is 2.50 bits per heavy atom. The summed E-state index contributed by atoms with van der Waals surface area (Å²) in [5.74, 6) is 0.299. The van der Waals surface area contributed by atoms with Gasteiger partial charge >= 0.3 is 0 Å². The van der Waals surface area contributed by atoms with Crippen LogP contribution >= 0.6 is 0 Å². The molecule has 0 saturated carbocycles. The highest BCUT2D eigenvalue weighted by molar-refractivity contribution is 5.83. The van der Waals surface area contributed by atoms with Crippen LogP contribution < -0.4 is 0 Å². The number of piperidine rings is 1. The van der Waals surface area contributed by atoms with Gasteiger partial charge in [0.15, 0.2) is 0 Å². The summed E-state index contributed by atoms with van der Waals surface area (Å²) in [6, 6.07) is 10.2. The summed E-state index contributed by atoms with van der Waals surface area (Å²) in [7, 11) is 1.76. The number of carbonyl (C=O) groups is 1. The summed E-state index contributed by atoms with van der Waals surface area (Å²) in [5, 5.41) is 0. The van der Waals surface area contributed by atoms with Gasteiger partial charge in [-0.05, 0) is 24.8 Å². The molecule has 1 fully saturated rings. The minimum absolute atomic E-state index is 0.0142. The smallest absolute Gasteiger partial charge is 0.230 e. The lowest BCUT2D eigenvalue weighted by Crippen LogP contribution is -2.42. The quantitative estimate of drug-likeness (QED) is 0.826. The molecule has 1 aromatic carbocycles. The molecule has 20 heavy (non-hydrogen) atoms. The van der Waals surface area contributed by atoms with Gasteiger partial charge in [-0.3, -0.25) is 4.79 Å². The van der Waals surface area contributed by atoms with E-state index in [0.717, 1.165) is 44.3 Å². The van der Waals surface area contributed by atoms with Crippen LogP contribution in [0.5, 0.6) is 0 Å². The van der Waals surface area contributed by atoms with Crippen molar-refractivity contribution in [3.8, 4) is 0 Å². The first-order chi connectivity index (χ1) is 9.76. The average molecular weight is 275 g/mol. The molecule has 1 atom stereocenters. The zero-order chi connectivity index (χ0) is 14.4. The van der Waals surface area contributed by atoms with Crippen LogP contribution in [0.4, 0.5) is 0 Å². The molecule has 110 valence electrons. The number of methoxy groups -OCH3 is 1. The van der Waals surface area contributed by atoms with Crippen LogP contribution in [0, 0.1) is 0 Å². The van der Waals surface area contributed by atoms with Crippen LogP contribution in [0.1, 0.15) is 44.1 Å². The van der Waals surface area contributed by atoms with Crippen molar-refractivity contribution in [3.63, 3.8) is 0 Å². The largest absolute Gasteiger partial charge is 0.381 e. The molecule has 1 unspecified atom stereocenters. The minimum atomic E-state index is 0.0142. The first-order valence-corrected chi connectivity index (χ1v) is 7.62. The molecule has 0 bridgehead atoms. The van der Waals surface area contributed by atoms with Crippen LogP contribution in [0.15, 0.2) is 30.3 Å². The van der Waals surface area contributed by atoms with E-state index >= 15 is 0 Å². The second-order valence-electron chi connectivity index (χ2n) is 5.51. The number of ether oxygens (including phenoxy) is 1. The van der Waals surface area contributed by atoms with E-state index < -0.39 is 0 Å². The average Bonchev–Trinajstić information content (AvgIpc) is 2.53. The molecular formula is C17H25NO2. The molecule has 3 heteroatoms. The zero-order valence-electron chi connectivity index (χ0n) is 12.5. The van der Waals surface area contributed by atoms with Crippen molar-refractivity contribution >= 4 is 5.91 Å². The van der Waals surface area contributed by atoms with E-state index in [1.165, 1.54) is 0 Å². The van der Waals surface area contributed by atoms with Crippen LogP contribution in [0.25, 0.3) is 0 Å². The van der Waals surface area contributed by atoms with Crippen LogP contribution in [0.2, 0.25) is 0 Å². The van der Waals surface area contributed by atoms with Crippen molar-refractivity contribution in [2.45, 2.75) is 44.6 Å². The van der Waals surface area contributed by atoms with Gasteiger partial charge in [0, 0.05) is 20.2 Å². The van der Waals surface area contributed by atoms with Crippen molar-refractivity contribution in [2.75, 3.05) is 20.2 Å². The molecule has 0 spiro atoms. The zero-order valence-corrected chi connectivity index (χ0v) is 12.5. The monoisotopic (exact) mass is 275 g/mol. The van der Waals surface area contributed by atoms with Crippen LogP contribution in [0.3, 0.4) is 0 Å². The van der Waals surface area contributed by atoms with E-state index in [1.807, 2.05) is 23.1 Å². The van der Waals surface area contributed by atoms with Crippen molar-refractivity contribution in [1.82, 2.24) is 4.90 Å². The Morgan fingerprint density at radius 1 is 1.30 bits per heavy atom. The standard InChI is InChI=1S/C17H25NO2/c1-3-7-16(14-8-5-4-6-9-14)17(19)18-12-10-15(20-2)11-13-18/h4-6,8-9,15-16H,3,7,10-13H2,1-2H3. The molecule has 1 amide bonds. The highest BCUT2D eigenvalue weighted by atomic mass is 16.5. The Labute approximate surface area is 121 Å². The SMILES string of the molecule is CCCC(C(=O)N1CCC(OC)CC1)c1ccccc1. The molecule has 0 aliphatic carbocycles. The highest BCUT2D eigenvalue weighted by Crippen LogP contribution is 2.25. The Balaban J connectivity index is 2.04. The Hall–Kier alpha value is -1.35. The molecular weight excluding hydrogens is 250 g/mol. The first-order valence-electron chi connectivity index (χ1n) is 7.62. The van der Waals surface area contributed by atoms with E-state index in [1.54, 1.807) is 7.11 Å². The third-order valence-electron chi connectivity index (χ3n) is 4.16. The fourth-order valence-electron chi connectivity index (χ4n) is 2.94. The Bertz CT molecular complexity index is 410. The maximum Gasteiger partial charge on any atom is 0.230 e. The number of hydrogen-bond donors (Lipinski definition) is 0. The van der Waals surface area contributed by atoms with Gasteiger partial charge in [0.25, 0.3) is 0 Å². The second kappa shape index (κ2) is 7.44. The molecule has 0 aromatic heterocycles. The first kappa shape index (κ1) is 15.0. The summed E-state index contributed by atoms with van der Waals surface area (Å²) in [4.78, 5) is 14.8. The lowest BCUT2D eigenvalue weighted by atomic mass is 9.92. The molecule has 1 aliphatic heterocycles. The predicted octanol–water partition coefficient (Wildman–Crippen LogP) is 3.21. The topological polar surface area (TPSA) is 29.5 Å². The number of rotatable bonds is 5. The summed E-state index contributed by atoms with van der Waals surface area (Å²) in [6.45, 7) is 3.79. The predicted molar refractivity (Wildman–Crippen MR) is 80.7 cm³/mol. The number of hydrogen-bond acceptors (Lipinski definition) is 2. The number of amides is 1. The minimum Gasteiger partial charge on any atom is -0.381 e. The van der Waals surface area contributed by atoms with Gasteiger partial charge in [-0.2, -0.15) is 0 Å². The molecule has 1 aromatic rings.